The molecular formula is C22H28O4. The zero-order valence-electron chi connectivity index (χ0n) is 15.6. The van der Waals surface area contributed by atoms with E-state index in [2.05, 4.69) is 38.1 Å². The van der Waals surface area contributed by atoms with Crippen LogP contribution in [-0.4, -0.2) is 37.6 Å². The van der Waals surface area contributed by atoms with E-state index in [-0.39, 0.29) is 11.2 Å². The minimum Gasteiger partial charge on any atom is -0.374 e. The molecule has 0 spiro atoms. The van der Waals surface area contributed by atoms with Gasteiger partial charge in [0.1, 0.15) is 11.2 Å². The largest absolute Gasteiger partial charge is 0.374 e. The Morgan fingerprint density at radius 3 is 1.35 bits per heavy atom. The van der Waals surface area contributed by atoms with E-state index in [1.165, 1.54) is 11.1 Å². The predicted octanol–water partition coefficient (Wildman–Crippen LogP) is 3.98. The third kappa shape index (κ3) is 6.89. The molecule has 2 aliphatic rings. The maximum absolute atomic E-state index is 5.52. The molecule has 2 unspecified atom stereocenters. The molecule has 0 aliphatic carbocycles. The highest BCUT2D eigenvalue weighted by atomic mass is 16.6. The lowest BCUT2D eigenvalue weighted by Gasteiger charge is -2.06. The number of hydrogen-bond donors (Lipinski definition) is 0. The van der Waals surface area contributed by atoms with Crippen molar-refractivity contribution in [3.8, 4) is 0 Å². The second kappa shape index (κ2) is 8.78. The molecule has 0 saturated carbocycles. The summed E-state index contributed by atoms with van der Waals surface area (Å²) >= 11 is 0. The van der Waals surface area contributed by atoms with Crippen molar-refractivity contribution in [1.82, 2.24) is 0 Å². The molecule has 0 bridgehead atoms. The summed E-state index contributed by atoms with van der Waals surface area (Å²) in [6.45, 7) is 8.56. The van der Waals surface area contributed by atoms with E-state index in [4.69, 9.17) is 18.9 Å². The van der Waals surface area contributed by atoms with Crippen molar-refractivity contribution in [2.24, 2.45) is 0 Å². The zero-order valence-corrected chi connectivity index (χ0v) is 15.6. The van der Waals surface area contributed by atoms with Crippen molar-refractivity contribution in [1.29, 1.82) is 0 Å². The fourth-order valence-corrected chi connectivity index (χ4v) is 2.33. The van der Waals surface area contributed by atoms with E-state index in [9.17, 15) is 0 Å². The molecule has 26 heavy (non-hydrogen) atoms. The molecule has 2 saturated heterocycles. The second-order valence-electron chi connectivity index (χ2n) is 7.43. The van der Waals surface area contributed by atoms with Crippen LogP contribution < -0.4 is 0 Å². The molecule has 2 heterocycles. The Bertz CT molecular complexity index is 589. The first-order valence-electron chi connectivity index (χ1n) is 9.08. The summed E-state index contributed by atoms with van der Waals surface area (Å²) in [6, 6.07) is 20.4. The minimum atomic E-state index is 0.00871. The normalized spacial score (nSPS) is 25.9. The van der Waals surface area contributed by atoms with E-state index < -0.39 is 0 Å². The Labute approximate surface area is 156 Å². The first-order chi connectivity index (χ1) is 12.6. The summed E-state index contributed by atoms with van der Waals surface area (Å²) in [7, 11) is 0. The summed E-state index contributed by atoms with van der Waals surface area (Å²) in [5.41, 5.74) is 2.45. The summed E-state index contributed by atoms with van der Waals surface area (Å²) < 4.78 is 21.5. The zero-order chi connectivity index (χ0) is 18.3. The van der Waals surface area contributed by atoms with Gasteiger partial charge in [-0.1, -0.05) is 60.7 Å². The molecule has 2 aromatic rings. The average molecular weight is 356 g/mol. The number of rotatable bonds is 8. The smallest absolute Gasteiger partial charge is 0.112 e. The topological polar surface area (TPSA) is 43.5 Å². The third-order valence-corrected chi connectivity index (χ3v) is 4.31. The van der Waals surface area contributed by atoms with Gasteiger partial charge >= 0.3 is 0 Å². The van der Waals surface area contributed by atoms with Crippen LogP contribution in [0, 0.1) is 0 Å². The molecule has 0 amide bonds. The predicted molar refractivity (Wildman–Crippen MR) is 101 cm³/mol. The number of epoxide rings is 2. The van der Waals surface area contributed by atoms with Gasteiger partial charge in [0.25, 0.3) is 0 Å². The number of ether oxygens (including phenoxy) is 4. The monoisotopic (exact) mass is 356 g/mol. The molecule has 4 nitrogen and oxygen atoms in total. The van der Waals surface area contributed by atoms with Crippen LogP contribution in [0.2, 0.25) is 0 Å². The average Bonchev–Trinajstić information content (AvgIpc) is 3.57. The van der Waals surface area contributed by atoms with E-state index in [1.807, 2.05) is 36.4 Å². The highest BCUT2D eigenvalue weighted by Crippen LogP contribution is 2.26. The standard InChI is InChI=1S/2C11H14O2/c2*1-11(9-13-11)8-12-7-10-5-3-2-4-6-10/h2*2-6H,7-9H2,1H3. The minimum absolute atomic E-state index is 0.00871. The molecule has 2 atom stereocenters. The molecule has 2 aliphatic heterocycles. The van der Waals surface area contributed by atoms with Gasteiger partial charge in [-0.2, -0.15) is 0 Å². The van der Waals surface area contributed by atoms with Gasteiger partial charge in [-0.3, -0.25) is 0 Å². The molecular weight excluding hydrogens is 328 g/mol. The highest BCUT2D eigenvalue weighted by Gasteiger charge is 2.39. The van der Waals surface area contributed by atoms with Crippen LogP contribution in [0.4, 0.5) is 0 Å². The van der Waals surface area contributed by atoms with Crippen LogP contribution in [0.25, 0.3) is 0 Å². The van der Waals surface area contributed by atoms with E-state index >= 15 is 0 Å². The first-order valence-corrected chi connectivity index (χ1v) is 9.08. The van der Waals surface area contributed by atoms with Crippen molar-refractivity contribution >= 4 is 0 Å². The number of benzene rings is 2. The molecule has 0 N–H and O–H groups in total. The van der Waals surface area contributed by atoms with Gasteiger partial charge < -0.3 is 18.9 Å². The molecule has 2 fully saturated rings. The van der Waals surface area contributed by atoms with Gasteiger partial charge in [0.2, 0.25) is 0 Å². The van der Waals surface area contributed by atoms with Gasteiger partial charge in [-0.25, -0.2) is 0 Å². The third-order valence-electron chi connectivity index (χ3n) is 4.31. The maximum atomic E-state index is 5.52. The van der Waals surface area contributed by atoms with Crippen molar-refractivity contribution < 1.29 is 18.9 Å². The SMILES string of the molecule is CC1(COCc2ccccc2)CO1.CC1(COCc2ccccc2)CO1. The lowest BCUT2D eigenvalue weighted by molar-refractivity contribution is 0.0742. The Kier molecular flexibility index (Phi) is 6.43. The van der Waals surface area contributed by atoms with Crippen molar-refractivity contribution in [2.45, 2.75) is 38.3 Å². The van der Waals surface area contributed by atoms with Crippen LogP contribution in [0.1, 0.15) is 25.0 Å². The molecule has 4 heteroatoms. The van der Waals surface area contributed by atoms with Gasteiger partial charge in [-0.15, -0.1) is 0 Å². The summed E-state index contributed by atoms with van der Waals surface area (Å²) in [6.07, 6.45) is 0. The van der Waals surface area contributed by atoms with Crippen molar-refractivity contribution in [2.75, 3.05) is 26.4 Å². The Hall–Kier alpha value is -1.72. The second-order valence-corrected chi connectivity index (χ2v) is 7.43. The molecule has 2 aromatic carbocycles. The first kappa shape index (κ1) is 19.1. The van der Waals surface area contributed by atoms with E-state index in [0.717, 1.165) is 13.2 Å². The van der Waals surface area contributed by atoms with Crippen LogP contribution in [0.15, 0.2) is 60.7 Å². The highest BCUT2D eigenvalue weighted by molar-refractivity contribution is 5.14. The van der Waals surface area contributed by atoms with Crippen LogP contribution in [0.3, 0.4) is 0 Å². The molecule has 0 aromatic heterocycles. The van der Waals surface area contributed by atoms with Crippen LogP contribution >= 0.6 is 0 Å². The number of hydrogen-bond acceptors (Lipinski definition) is 4. The maximum Gasteiger partial charge on any atom is 0.112 e. The fourth-order valence-electron chi connectivity index (χ4n) is 2.33. The van der Waals surface area contributed by atoms with Crippen LogP contribution in [-0.2, 0) is 32.2 Å². The van der Waals surface area contributed by atoms with E-state index in [0.29, 0.717) is 26.4 Å². The van der Waals surface area contributed by atoms with E-state index in [1.54, 1.807) is 0 Å². The van der Waals surface area contributed by atoms with Crippen LogP contribution in [0.5, 0.6) is 0 Å². The van der Waals surface area contributed by atoms with Crippen molar-refractivity contribution in [3.05, 3.63) is 71.8 Å². The summed E-state index contributed by atoms with van der Waals surface area (Å²) in [5.74, 6) is 0. The summed E-state index contributed by atoms with van der Waals surface area (Å²) in [5, 5.41) is 0. The van der Waals surface area contributed by atoms with Gasteiger partial charge in [0, 0.05) is 0 Å². The molecule has 0 radical (unpaired) electrons. The fraction of sp³-hybridized carbons (Fsp3) is 0.455. The Morgan fingerprint density at radius 1 is 0.692 bits per heavy atom. The lowest BCUT2D eigenvalue weighted by Crippen LogP contribution is -2.14. The molecule has 140 valence electrons. The Balaban J connectivity index is 0.000000151. The summed E-state index contributed by atoms with van der Waals surface area (Å²) in [4.78, 5) is 0. The van der Waals surface area contributed by atoms with Crippen molar-refractivity contribution in [3.63, 3.8) is 0 Å². The molecule has 4 rings (SSSR count). The quantitative estimate of drug-likeness (QED) is 0.671. The lowest BCUT2D eigenvalue weighted by atomic mass is 10.2. The van der Waals surface area contributed by atoms with Gasteiger partial charge in [0.15, 0.2) is 0 Å². The van der Waals surface area contributed by atoms with Gasteiger partial charge in [-0.05, 0) is 25.0 Å². The Morgan fingerprint density at radius 2 is 1.04 bits per heavy atom. The van der Waals surface area contributed by atoms with Gasteiger partial charge in [0.05, 0.1) is 39.6 Å².